The number of benzene rings is 2. The van der Waals surface area contributed by atoms with E-state index in [9.17, 15) is 9.59 Å². The van der Waals surface area contributed by atoms with Crippen LogP contribution in [0.5, 0.6) is 5.75 Å². The van der Waals surface area contributed by atoms with Gasteiger partial charge in [-0.15, -0.1) is 0 Å². The highest BCUT2D eigenvalue weighted by atomic mass is 16.6. The first kappa shape index (κ1) is 22.4. The topological polar surface area (TPSA) is 111 Å². The largest absolute Gasteiger partial charge is 0.490 e. The fourth-order valence-electron chi connectivity index (χ4n) is 3.95. The van der Waals surface area contributed by atoms with Crippen molar-refractivity contribution >= 4 is 17.7 Å². The number of carboxylic acid groups (broad SMARTS) is 1. The minimum Gasteiger partial charge on any atom is -0.490 e. The van der Waals surface area contributed by atoms with E-state index < -0.39 is 18.2 Å². The summed E-state index contributed by atoms with van der Waals surface area (Å²) in [5, 5.41) is 15.9. The van der Waals surface area contributed by atoms with Crippen molar-refractivity contribution in [2.24, 2.45) is 5.92 Å². The van der Waals surface area contributed by atoms with E-state index in [1.165, 1.54) is 0 Å². The molecular formula is C25H26N2O6. The highest BCUT2D eigenvalue weighted by molar-refractivity contribution is 5.90. The molecule has 8 nitrogen and oxygen atoms in total. The van der Waals surface area contributed by atoms with Crippen LogP contribution >= 0.6 is 0 Å². The molecule has 8 heteroatoms. The van der Waals surface area contributed by atoms with Crippen molar-refractivity contribution in [3.05, 3.63) is 65.9 Å². The number of carbonyl (C=O) groups excluding carboxylic acids is 1. The fraction of sp³-hybridized carbons (Fsp3) is 0.320. The van der Waals surface area contributed by atoms with E-state index in [2.05, 4.69) is 10.5 Å². The summed E-state index contributed by atoms with van der Waals surface area (Å²) < 4.78 is 16.9. The number of carbonyl (C=O) groups is 2. The van der Waals surface area contributed by atoms with Crippen LogP contribution in [0.4, 0.5) is 10.5 Å². The van der Waals surface area contributed by atoms with Crippen molar-refractivity contribution in [2.75, 3.05) is 5.32 Å². The molecule has 1 amide bonds. The number of nitrogens with zero attached hydrogens (tertiary/aromatic N) is 1. The van der Waals surface area contributed by atoms with Crippen molar-refractivity contribution < 1.29 is 28.7 Å². The van der Waals surface area contributed by atoms with Gasteiger partial charge in [0.2, 0.25) is 0 Å². The van der Waals surface area contributed by atoms with Gasteiger partial charge < -0.3 is 19.1 Å². The Morgan fingerprint density at radius 3 is 2.52 bits per heavy atom. The number of aryl methyl sites for hydroxylation is 1. The smallest absolute Gasteiger partial charge is 0.412 e. The Labute approximate surface area is 191 Å². The number of carboxylic acids is 1. The predicted molar refractivity (Wildman–Crippen MR) is 121 cm³/mol. The molecule has 1 aliphatic rings. The lowest BCUT2D eigenvalue weighted by Crippen LogP contribution is -2.16. The average Bonchev–Trinajstić information content (AvgIpc) is 3.42. The molecule has 0 radical (unpaired) electrons. The zero-order valence-corrected chi connectivity index (χ0v) is 18.5. The number of hydrogen-bond acceptors (Lipinski definition) is 6. The van der Waals surface area contributed by atoms with Crippen LogP contribution in [-0.4, -0.2) is 28.4 Å². The van der Waals surface area contributed by atoms with E-state index in [1.807, 2.05) is 42.5 Å². The highest BCUT2D eigenvalue weighted by Gasteiger charge is 2.31. The molecule has 2 aromatic carbocycles. The van der Waals surface area contributed by atoms with Gasteiger partial charge in [0, 0.05) is 5.56 Å². The Bertz CT molecular complexity index is 1110. The normalized spacial score (nSPS) is 18.5. The molecule has 1 aromatic heterocycles. The zero-order chi connectivity index (χ0) is 23.4. The van der Waals surface area contributed by atoms with Crippen molar-refractivity contribution in [3.63, 3.8) is 0 Å². The molecule has 0 saturated heterocycles. The molecule has 0 bridgehead atoms. The lowest BCUT2D eigenvalue weighted by atomic mass is 10.1. The Balaban J connectivity index is 1.41. The molecule has 1 fully saturated rings. The molecule has 0 spiro atoms. The number of rotatable bonds is 7. The van der Waals surface area contributed by atoms with Crippen LogP contribution in [0.1, 0.15) is 43.5 Å². The fourth-order valence-corrected chi connectivity index (χ4v) is 3.95. The summed E-state index contributed by atoms with van der Waals surface area (Å²) >= 11 is 0. The van der Waals surface area contributed by atoms with Crippen LogP contribution in [0.2, 0.25) is 0 Å². The van der Waals surface area contributed by atoms with Crippen LogP contribution in [0.15, 0.2) is 59.1 Å². The first-order chi connectivity index (χ1) is 15.9. The summed E-state index contributed by atoms with van der Waals surface area (Å²) in [6, 6.07) is 16.7. The van der Waals surface area contributed by atoms with Gasteiger partial charge in [0.05, 0.1) is 12.0 Å². The van der Waals surface area contributed by atoms with Gasteiger partial charge in [0.25, 0.3) is 0 Å². The molecule has 3 aromatic rings. The summed E-state index contributed by atoms with van der Waals surface area (Å²) in [4.78, 5) is 23.6. The predicted octanol–water partition coefficient (Wildman–Crippen LogP) is 5.59. The quantitative estimate of drug-likeness (QED) is 0.482. The first-order valence-electron chi connectivity index (χ1n) is 10.9. The molecule has 3 atom stereocenters. The average molecular weight is 450 g/mol. The van der Waals surface area contributed by atoms with Gasteiger partial charge >= 0.3 is 12.1 Å². The number of nitrogens with one attached hydrogen (secondary N) is 1. The molecule has 1 heterocycles. The minimum absolute atomic E-state index is 0.108. The molecule has 33 heavy (non-hydrogen) atoms. The van der Waals surface area contributed by atoms with E-state index in [1.54, 1.807) is 26.0 Å². The maximum Gasteiger partial charge on any atom is 0.412 e. The molecule has 1 saturated carbocycles. The third kappa shape index (κ3) is 5.34. The molecule has 0 unspecified atom stereocenters. The van der Waals surface area contributed by atoms with Crippen LogP contribution in [0.3, 0.4) is 0 Å². The van der Waals surface area contributed by atoms with Crippen LogP contribution in [0, 0.1) is 12.8 Å². The summed E-state index contributed by atoms with van der Waals surface area (Å²) in [5.74, 6) is -0.0508. The SMILES string of the molecule is Cc1noc(-c2ccc(O[C@@H]3CC[C@H](C(=O)O)C3)cc2)c1NC(=O)O[C@H](C)c1ccccc1. The number of amides is 1. The van der Waals surface area contributed by atoms with Crippen molar-refractivity contribution in [1.29, 1.82) is 0 Å². The van der Waals surface area contributed by atoms with E-state index in [0.717, 1.165) is 12.0 Å². The second-order valence-electron chi connectivity index (χ2n) is 8.17. The number of aliphatic carboxylic acids is 1. The number of ether oxygens (including phenoxy) is 2. The number of anilines is 1. The molecule has 172 valence electrons. The third-order valence-corrected chi connectivity index (χ3v) is 5.80. The molecule has 4 rings (SSSR count). The molecule has 0 aliphatic heterocycles. The van der Waals surface area contributed by atoms with Crippen molar-refractivity contribution in [1.82, 2.24) is 5.16 Å². The van der Waals surface area contributed by atoms with Gasteiger partial charge in [-0.3, -0.25) is 10.1 Å². The maximum atomic E-state index is 12.5. The Morgan fingerprint density at radius 1 is 1.12 bits per heavy atom. The Kier molecular flexibility index (Phi) is 6.63. The maximum absolute atomic E-state index is 12.5. The third-order valence-electron chi connectivity index (χ3n) is 5.80. The Hall–Kier alpha value is -3.81. The zero-order valence-electron chi connectivity index (χ0n) is 18.5. The second-order valence-corrected chi connectivity index (χ2v) is 8.17. The molecule has 2 N–H and O–H groups in total. The van der Waals surface area contributed by atoms with Crippen LogP contribution < -0.4 is 10.1 Å². The van der Waals surface area contributed by atoms with Gasteiger partial charge in [0.1, 0.15) is 23.2 Å². The van der Waals surface area contributed by atoms with Gasteiger partial charge in [-0.25, -0.2) is 4.79 Å². The lowest BCUT2D eigenvalue weighted by molar-refractivity contribution is -0.141. The second kappa shape index (κ2) is 9.77. The summed E-state index contributed by atoms with van der Waals surface area (Å²) in [5.41, 5.74) is 2.57. The van der Waals surface area contributed by atoms with Gasteiger partial charge in [-0.1, -0.05) is 35.5 Å². The first-order valence-corrected chi connectivity index (χ1v) is 10.9. The number of hydrogen-bond donors (Lipinski definition) is 2. The van der Waals surface area contributed by atoms with E-state index in [4.69, 9.17) is 19.1 Å². The van der Waals surface area contributed by atoms with Crippen LogP contribution in [-0.2, 0) is 9.53 Å². The van der Waals surface area contributed by atoms with Crippen LogP contribution in [0.25, 0.3) is 11.3 Å². The van der Waals surface area contributed by atoms with Gasteiger partial charge in [-0.05, 0) is 62.9 Å². The number of aromatic nitrogens is 1. The summed E-state index contributed by atoms with van der Waals surface area (Å²) in [6.07, 6.45) is 0.732. The van der Waals surface area contributed by atoms with Crippen molar-refractivity contribution in [2.45, 2.75) is 45.3 Å². The van der Waals surface area contributed by atoms with E-state index in [-0.39, 0.29) is 12.0 Å². The standard InChI is InChI=1S/C25H26N2O6/c1-15-22(26-25(30)31-16(2)17-6-4-3-5-7-17)23(33-27-15)18-8-11-20(12-9-18)32-21-13-10-19(14-21)24(28)29/h3-9,11-12,16,19,21H,10,13-14H2,1-2H3,(H,26,30)(H,28,29)/t16-,19+,21-/m1/s1. The van der Waals surface area contributed by atoms with E-state index in [0.29, 0.717) is 41.3 Å². The minimum atomic E-state index is -0.770. The van der Waals surface area contributed by atoms with E-state index >= 15 is 0 Å². The monoisotopic (exact) mass is 450 g/mol. The highest BCUT2D eigenvalue weighted by Crippen LogP contribution is 2.34. The molecular weight excluding hydrogens is 424 g/mol. The van der Waals surface area contributed by atoms with Gasteiger partial charge in [-0.2, -0.15) is 0 Å². The lowest BCUT2D eigenvalue weighted by Gasteiger charge is -2.15. The van der Waals surface area contributed by atoms with Gasteiger partial charge in [0.15, 0.2) is 5.76 Å². The summed E-state index contributed by atoms with van der Waals surface area (Å²) in [7, 11) is 0. The Morgan fingerprint density at radius 2 is 1.85 bits per heavy atom. The molecule has 1 aliphatic carbocycles. The van der Waals surface area contributed by atoms with Crippen molar-refractivity contribution in [3.8, 4) is 17.1 Å². The summed E-state index contributed by atoms with van der Waals surface area (Å²) in [6.45, 7) is 3.54.